The molecule has 0 bridgehead atoms. The Morgan fingerprint density at radius 2 is 1.95 bits per heavy atom. The summed E-state index contributed by atoms with van der Waals surface area (Å²) < 4.78 is 22.7. The lowest BCUT2D eigenvalue weighted by Crippen LogP contribution is -2.32. The van der Waals surface area contributed by atoms with Gasteiger partial charge in [-0.15, -0.1) is 0 Å². The molecule has 1 amide bonds. The van der Waals surface area contributed by atoms with Crippen LogP contribution in [0.25, 0.3) is 0 Å². The Morgan fingerprint density at radius 1 is 1.37 bits per heavy atom. The van der Waals surface area contributed by atoms with Crippen LogP contribution in [-0.4, -0.2) is 20.4 Å². The van der Waals surface area contributed by atoms with E-state index in [4.69, 9.17) is 33.9 Å². The van der Waals surface area contributed by atoms with Crippen LogP contribution in [0.5, 0.6) is 0 Å². The lowest BCUT2D eigenvalue weighted by Gasteiger charge is -2.13. The summed E-state index contributed by atoms with van der Waals surface area (Å²) in [5, 5.41) is 2.50. The molecular formula is C11H12Cl3NO3S. The number of nitrogens with one attached hydrogen (secondary N) is 1. The predicted octanol–water partition coefficient (Wildman–Crippen LogP) is 3.45. The van der Waals surface area contributed by atoms with Crippen LogP contribution in [0.4, 0.5) is 0 Å². The largest absolute Gasteiger partial charge is 0.350 e. The van der Waals surface area contributed by atoms with Gasteiger partial charge in [0.1, 0.15) is 4.90 Å². The lowest BCUT2D eigenvalue weighted by molar-refractivity contribution is 0.0939. The third kappa shape index (κ3) is 4.24. The molecule has 0 heterocycles. The molecule has 1 aromatic rings. The molecule has 0 radical (unpaired) electrons. The minimum Gasteiger partial charge on any atom is -0.350 e. The molecule has 19 heavy (non-hydrogen) atoms. The van der Waals surface area contributed by atoms with Crippen molar-refractivity contribution in [3.63, 3.8) is 0 Å². The van der Waals surface area contributed by atoms with Gasteiger partial charge in [-0.3, -0.25) is 4.79 Å². The Balaban J connectivity index is 3.30. The quantitative estimate of drug-likeness (QED) is 0.851. The number of hydrogen-bond donors (Lipinski definition) is 1. The van der Waals surface area contributed by atoms with Crippen LogP contribution in [0.3, 0.4) is 0 Å². The second-order valence-corrected chi connectivity index (χ2v) is 7.33. The molecule has 1 unspecified atom stereocenters. The zero-order valence-corrected chi connectivity index (χ0v) is 13.3. The zero-order chi connectivity index (χ0) is 14.8. The van der Waals surface area contributed by atoms with Crippen molar-refractivity contribution in [1.82, 2.24) is 5.32 Å². The maximum atomic E-state index is 12.0. The van der Waals surface area contributed by atoms with E-state index in [9.17, 15) is 13.2 Å². The highest BCUT2D eigenvalue weighted by molar-refractivity contribution is 8.13. The Kier molecular flexibility index (Phi) is 5.50. The van der Waals surface area contributed by atoms with Crippen molar-refractivity contribution < 1.29 is 13.2 Å². The van der Waals surface area contributed by atoms with Gasteiger partial charge in [0.15, 0.2) is 0 Å². The number of amides is 1. The van der Waals surface area contributed by atoms with Crippen LogP contribution < -0.4 is 5.32 Å². The van der Waals surface area contributed by atoms with E-state index >= 15 is 0 Å². The number of carbonyl (C=O) groups excluding carboxylic acids is 1. The van der Waals surface area contributed by atoms with Crippen molar-refractivity contribution in [2.75, 3.05) is 0 Å². The highest BCUT2D eigenvalue weighted by Gasteiger charge is 2.22. The summed E-state index contributed by atoms with van der Waals surface area (Å²) in [4.78, 5) is 11.6. The number of rotatable bonds is 4. The second kappa shape index (κ2) is 6.31. The van der Waals surface area contributed by atoms with Gasteiger partial charge in [0.25, 0.3) is 15.0 Å². The van der Waals surface area contributed by atoms with E-state index in [1.165, 1.54) is 6.07 Å². The van der Waals surface area contributed by atoms with Gasteiger partial charge in [0.05, 0.1) is 10.6 Å². The molecular weight excluding hydrogens is 333 g/mol. The second-order valence-electron chi connectivity index (χ2n) is 3.99. The van der Waals surface area contributed by atoms with E-state index in [-0.39, 0.29) is 26.5 Å². The van der Waals surface area contributed by atoms with Crippen LogP contribution in [0.1, 0.15) is 30.6 Å². The average Bonchev–Trinajstić information content (AvgIpc) is 2.29. The standard InChI is InChI=1S/C11H12Cl3NO3S/c1-3-6(2)15-11(16)8-4-7(12)5-9(10(8)13)19(14,17)18/h4-6H,3H2,1-2H3,(H,15,16). The smallest absolute Gasteiger partial charge is 0.262 e. The van der Waals surface area contributed by atoms with Crippen LogP contribution in [0, 0.1) is 0 Å². The van der Waals surface area contributed by atoms with Crippen molar-refractivity contribution in [2.24, 2.45) is 0 Å². The van der Waals surface area contributed by atoms with Crippen molar-refractivity contribution in [3.05, 3.63) is 27.7 Å². The topological polar surface area (TPSA) is 63.2 Å². The normalized spacial score (nSPS) is 13.1. The van der Waals surface area contributed by atoms with Crippen LogP contribution in [0.2, 0.25) is 10.0 Å². The molecule has 0 aliphatic carbocycles. The minimum atomic E-state index is -4.07. The SMILES string of the molecule is CCC(C)NC(=O)c1cc(Cl)cc(S(=O)(=O)Cl)c1Cl. The fraction of sp³-hybridized carbons (Fsp3) is 0.364. The molecule has 1 atom stereocenters. The first kappa shape index (κ1) is 16.6. The van der Waals surface area contributed by atoms with E-state index in [1.807, 2.05) is 13.8 Å². The fourth-order valence-electron chi connectivity index (χ4n) is 1.31. The van der Waals surface area contributed by atoms with E-state index in [0.717, 1.165) is 12.5 Å². The molecule has 0 aromatic heterocycles. The third-order valence-electron chi connectivity index (χ3n) is 2.50. The molecule has 1 aromatic carbocycles. The number of benzene rings is 1. The average molecular weight is 345 g/mol. The molecule has 0 aliphatic rings. The molecule has 0 aliphatic heterocycles. The maximum absolute atomic E-state index is 12.0. The molecule has 0 saturated heterocycles. The van der Waals surface area contributed by atoms with Gasteiger partial charge in [0.2, 0.25) is 0 Å². The molecule has 0 saturated carbocycles. The first-order chi connectivity index (χ1) is 8.66. The highest BCUT2D eigenvalue weighted by atomic mass is 35.7. The first-order valence-corrected chi connectivity index (χ1v) is 8.48. The molecule has 0 spiro atoms. The Hall–Kier alpha value is -0.490. The summed E-state index contributed by atoms with van der Waals surface area (Å²) >= 11 is 11.7. The molecule has 8 heteroatoms. The van der Waals surface area contributed by atoms with Crippen LogP contribution in [0.15, 0.2) is 17.0 Å². The summed E-state index contributed by atoms with van der Waals surface area (Å²) in [6.45, 7) is 3.72. The highest BCUT2D eigenvalue weighted by Crippen LogP contribution is 2.31. The van der Waals surface area contributed by atoms with Gasteiger partial charge in [-0.2, -0.15) is 0 Å². The Labute approximate surface area is 126 Å². The van der Waals surface area contributed by atoms with E-state index in [2.05, 4.69) is 5.32 Å². The third-order valence-corrected chi connectivity index (χ3v) is 4.58. The summed E-state index contributed by atoms with van der Waals surface area (Å²) in [5.74, 6) is -0.497. The van der Waals surface area contributed by atoms with E-state index in [0.29, 0.717) is 0 Å². The fourth-order valence-corrected chi connectivity index (χ4v) is 3.17. The molecule has 1 N–H and O–H groups in total. The lowest BCUT2D eigenvalue weighted by atomic mass is 10.2. The van der Waals surface area contributed by atoms with Gasteiger partial charge in [-0.1, -0.05) is 30.1 Å². The summed E-state index contributed by atoms with van der Waals surface area (Å²) in [6, 6.07) is 2.33. The number of carbonyl (C=O) groups is 1. The van der Waals surface area contributed by atoms with Gasteiger partial charge in [0, 0.05) is 21.7 Å². The minimum absolute atomic E-state index is 0.0197. The zero-order valence-electron chi connectivity index (χ0n) is 10.2. The van der Waals surface area contributed by atoms with Gasteiger partial charge < -0.3 is 5.32 Å². The number of hydrogen-bond acceptors (Lipinski definition) is 3. The van der Waals surface area contributed by atoms with Crippen LogP contribution in [-0.2, 0) is 9.05 Å². The number of halogens is 3. The van der Waals surface area contributed by atoms with Crippen LogP contribution >= 0.6 is 33.9 Å². The van der Waals surface area contributed by atoms with Crippen molar-refractivity contribution in [1.29, 1.82) is 0 Å². The van der Waals surface area contributed by atoms with Gasteiger partial charge in [-0.05, 0) is 25.5 Å². The Morgan fingerprint density at radius 3 is 2.42 bits per heavy atom. The summed E-state index contributed by atoms with van der Waals surface area (Å²) in [7, 11) is 1.17. The summed E-state index contributed by atoms with van der Waals surface area (Å²) in [5.41, 5.74) is -0.0197. The van der Waals surface area contributed by atoms with Gasteiger partial charge >= 0.3 is 0 Å². The maximum Gasteiger partial charge on any atom is 0.262 e. The molecule has 4 nitrogen and oxygen atoms in total. The molecule has 106 valence electrons. The van der Waals surface area contributed by atoms with Crippen molar-refractivity contribution in [3.8, 4) is 0 Å². The monoisotopic (exact) mass is 343 g/mol. The van der Waals surface area contributed by atoms with Crippen molar-refractivity contribution >= 4 is 48.8 Å². The van der Waals surface area contributed by atoms with E-state index < -0.39 is 15.0 Å². The Bertz CT molecular complexity index is 601. The first-order valence-electron chi connectivity index (χ1n) is 5.41. The molecule has 0 fully saturated rings. The summed E-state index contributed by atoms with van der Waals surface area (Å²) in [6.07, 6.45) is 0.727. The van der Waals surface area contributed by atoms with Crippen molar-refractivity contribution in [2.45, 2.75) is 31.2 Å². The van der Waals surface area contributed by atoms with Gasteiger partial charge in [-0.25, -0.2) is 8.42 Å². The molecule has 1 rings (SSSR count). The predicted molar refractivity (Wildman–Crippen MR) is 76.7 cm³/mol. The van der Waals surface area contributed by atoms with E-state index in [1.54, 1.807) is 0 Å².